The predicted molar refractivity (Wildman–Crippen MR) is 76.3 cm³/mol. The minimum Gasteiger partial charge on any atom is -0.330 e. The Morgan fingerprint density at radius 1 is 1.53 bits per heavy atom. The molecule has 1 saturated heterocycles. The van der Waals surface area contributed by atoms with Gasteiger partial charge in [-0.2, -0.15) is 0 Å². The van der Waals surface area contributed by atoms with E-state index in [9.17, 15) is 0 Å². The van der Waals surface area contributed by atoms with E-state index in [4.69, 9.17) is 17.3 Å². The van der Waals surface area contributed by atoms with Gasteiger partial charge < -0.3 is 5.73 Å². The average Bonchev–Trinajstić information content (AvgIpc) is 2.32. The van der Waals surface area contributed by atoms with Crippen LogP contribution in [0.2, 0.25) is 5.02 Å². The Kier molecular flexibility index (Phi) is 4.47. The van der Waals surface area contributed by atoms with Crippen LogP contribution >= 0.6 is 27.5 Å². The van der Waals surface area contributed by atoms with Crippen LogP contribution in [0.15, 0.2) is 22.7 Å². The Balaban J connectivity index is 2.31. The topological polar surface area (TPSA) is 29.3 Å². The third-order valence-corrected chi connectivity index (χ3v) is 4.81. The summed E-state index contributed by atoms with van der Waals surface area (Å²) in [5.74, 6) is 0.543. The molecule has 0 aromatic heterocycles. The molecule has 1 aromatic carbocycles. The summed E-state index contributed by atoms with van der Waals surface area (Å²) < 4.78 is 0.964. The highest BCUT2D eigenvalue weighted by atomic mass is 79.9. The summed E-state index contributed by atoms with van der Waals surface area (Å²) in [5.41, 5.74) is 7.20. The van der Waals surface area contributed by atoms with Crippen LogP contribution < -0.4 is 5.73 Å². The third-order valence-electron chi connectivity index (χ3n) is 3.60. The van der Waals surface area contributed by atoms with E-state index >= 15 is 0 Å². The van der Waals surface area contributed by atoms with E-state index < -0.39 is 0 Å². The molecule has 1 aliphatic rings. The fourth-order valence-electron chi connectivity index (χ4n) is 2.73. The number of nitrogens with two attached hydrogens (primary N) is 1. The van der Waals surface area contributed by atoms with Crippen LogP contribution in [0.3, 0.4) is 0 Å². The lowest BCUT2D eigenvalue weighted by Crippen LogP contribution is -2.39. The van der Waals surface area contributed by atoms with Crippen molar-refractivity contribution in [3.63, 3.8) is 0 Å². The fourth-order valence-corrected chi connectivity index (χ4v) is 3.24. The molecule has 2 rings (SSSR count). The number of rotatable bonds is 2. The van der Waals surface area contributed by atoms with Crippen molar-refractivity contribution in [2.24, 2.45) is 11.7 Å². The van der Waals surface area contributed by atoms with Crippen molar-refractivity contribution < 1.29 is 0 Å². The van der Waals surface area contributed by atoms with Gasteiger partial charge in [0.2, 0.25) is 0 Å². The molecule has 1 heterocycles. The van der Waals surface area contributed by atoms with Gasteiger partial charge in [0.05, 0.1) is 5.02 Å². The van der Waals surface area contributed by atoms with Crippen molar-refractivity contribution in [2.45, 2.75) is 18.9 Å². The van der Waals surface area contributed by atoms with Crippen LogP contribution in [0.1, 0.15) is 24.4 Å². The van der Waals surface area contributed by atoms with Crippen molar-refractivity contribution in [1.82, 2.24) is 4.90 Å². The summed E-state index contributed by atoms with van der Waals surface area (Å²) in [6.45, 7) is 1.89. The van der Waals surface area contributed by atoms with E-state index in [0.717, 1.165) is 22.6 Å². The predicted octanol–water partition coefficient (Wildman–Crippen LogP) is 3.44. The second-order valence-electron chi connectivity index (χ2n) is 4.74. The van der Waals surface area contributed by atoms with Gasteiger partial charge in [-0.05, 0) is 72.5 Å². The van der Waals surface area contributed by atoms with Gasteiger partial charge >= 0.3 is 0 Å². The molecular weight excluding hydrogens is 300 g/mol. The van der Waals surface area contributed by atoms with Crippen LogP contribution in [0.25, 0.3) is 0 Å². The van der Waals surface area contributed by atoms with Crippen LogP contribution in [0.5, 0.6) is 0 Å². The van der Waals surface area contributed by atoms with Crippen LogP contribution in [-0.4, -0.2) is 25.0 Å². The summed E-state index contributed by atoms with van der Waals surface area (Å²) >= 11 is 9.53. The Hall–Kier alpha value is -0.0900. The van der Waals surface area contributed by atoms with Gasteiger partial charge in [-0.25, -0.2) is 0 Å². The quantitative estimate of drug-likeness (QED) is 0.905. The SMILES string of the molecule is CN1CCCC(CN)C1c1ccc(Cl)c(Br)c1. The number of hydrogen-bond donors (Lipinski definition) is 1. The largest absolute Gasteiger partial charge is 0.330 e. The number of piperidine rings is 1. The molecule has 4 heteroatoms. The van der Waals surface area contributed by atoms with E-state index in [0.29, 0.717) is 12.0 Å². The molecule has 0 saturated carbocycles. The summed E-state index contributed by atoms with van der Waals surface area (Å²) in [4.78, 5) is 2.40. The number of likely N-dealkylation sites (tertiary alicyclic amines) is 1. The standard InChI is InChI=1S/C13H18BrClN2/c1-17-6-2-3-10(8-16)13(17)9-4-5-12(15)11(14)7-9/h4-5,7,10,13H,2-3,6,8,16H2,1H3. The average molecular weight is 318 g/mol. The van der Waals surface area contributed by atoms with E-state index in [1.165, 1.54) is 18.4 Å². The summed E-state index contributed by atoms with van der Waals surface area (Å²) in [5, 5.41) is 0.761. The highest BCUT2D eigenvalue weighted by molar-refractivity contribution is 9.10. The molecule has 2 nitrogen and oxygen atoms in total. The summed E-state index contributed by atoms with van der Waals surface area (Å²) in [6.07, 6.45) is 2.45. The molecule has 2 atom stereocenters. The molecule has 1 aliphatic heterocycles. The van der Waals surface area contributed by atoms with Gasteiger partial charge in [0, 0.05) is 10.5 Å². The molecule has 0 radical (unpaired) electrons. The summed E-state index contributed by atoms with van der Waals surface area (Å²) in [7, 11) is 2.18. The second-order valence-corrected chi connectivity index (χ2v) is 6.00. The molecule has 94 valence electrons. The maximum atomic E-state index is 6.04. The molecule has 1 fully saturated rings. The van der Waals surface area contributed by atoms with E-state index in [1.54, 1.807) is 0 Å². The van der Waals surface area contributed by atoms with Gasteiger partial charge in [0.25, 0.3) is 0 Å². The van der Waals surface area contributed by atoms with Crippen molar-refractivity contribution in [3.05, 3.63) is 33.3 Å². The maximum absolute atomic E-state index is 6.04. The second kappa shape index (κ2) is 5.70. The number of nitrogens with zero attached hydrogens (tertiary/aromatic N) is 1. The van der Waals surface area contributed by atoms with Gasteiger partial charge in [0.15, 0.2) is 0 Å². The zero-order valence-corrected chi connectivity index (χ0v) is 12.3. The van der Waals surface area contributed by atoms with Crippen molar-refractivity contribution >= 4 is 27.5 Å². The van der Waals surface area contributed by atoms with E-state index in [2.05, 4.69) is 40.0 Å². The smallest absolute Gasteiger partial charge is 0.0548 e. The molecule has 1 aromatic rings. The monoisotopic (exact) mass is 316 g/mol. The first kappa shape index (κ1) is 13.3. The minimum absolute atomic E-state index is 0.419. The number of hydrogen-bond acceptors (Lipinski definition) is 2. The van der Waals surface area contributed by atoms with Crippen LogP contribution in [-0.2, 0) is 0 Å². The lowest BCUT2D eigenvalue weighted by molar-refractivity contribution is 0.125. The molecule has 0 bridgehead atoms. The van der Waals surface area contributed by atoms with Crippen molar-refractivity contribution in [1.29, 1.82) is 0 Å². The van der Waals surface area contributed by atoms with E-state index in [-0.39, 0.29) is 0 Å². The zero-order valence-electron chi connectivity index (χ0n) is 10.00. The van der Waals surface area contributed by atoms with Crippen LogP contribution in [0, 0.1) is 5.92 Å². The molecule has 0 amide bonds. The molecule has 2 unspecified atom stereocenters. The minimum atomic E-state index is 0.419. The normalized spacial score (nSPS) is 26.1. The molecule has 0 spiro atoms. The van der Waals surface area contributed by atoms with E-state index in [1.807, 2.05) is 6.07 Å². The lowest BCUT2D eigenvalue weighted by atomic mass is 9.85. The Morgan fingerprint density at radius 2 is 2.29 bits per heavy atom. The Labute approximate surface area is 116 Å². The number of benzene rings is 1. The van der Waals surface area contributed by atoms with Gasteiger partial charge in [-0.15, -0.1) is 0 Å². The fraction of sp³-hybridized carbons (Fsp3) is 0.538. The molecule has 2 N–H and O–H groups in total. The van der Waals surface area contributed by atoms with Gasteiger partial charge in [-0.1, -0.05) is 17.7 Å². The van der Waals surface area contributed by atoms with Crippen molar-refractivity contribution in [2.75, 3.05) is 20.1 Å². The van der Waals surface area contributed by atoms with Crippen LogP contribution in [0.4, 0.5) is 0 Å². The molecular formula is C13H18BrClN2. The highest BCUT2D eigenvalue weighted by Crippen LogP contribution is 2.36. The Morgan fingerprint density at radius 3 is 2.94 bits per heavy atom. The first-order valence-electron chi connectivity index (χ1n) is 5.98. The van der Waals surface area contributed by atoms with Gasteiger partial charge in [0.1, 0.15) is 0 Å². The number of halogens is 2. The van der Waals surface area contributed by atoms with Crippen molar-refractivity contribution in [3.8, 4) is 0 Å². The molecule has 17 heavy (non-hydrogen) atoms. The first-order valence-corrected chi connectivity index (χ1v) is 7.16. The first-order chi connectivity index (χ1) is 8.13. The van der Waals surface area contributed by atoms with Gasteiger partial charge in [-0.3, -0.25) is 4.90 Å². The zero-order chi connectivity index (χ0) is 12.4. The highest BCUT2D eigenvalue weighted by Gasteiger charge is 2.29. The molecule has 0 aliphatic carbocycles. The lowest BCUT2D eigenvalue weighted by Gasteiger charge is -2.39. The third kappa shape index (κ3) is 2.84. The Bertz CT molecular complexity index is 397. The maximum Gasteiger partial charge on any atom is 0.0548 e. The summed E-state index contributed by atoms with van der Waals surface area (Å²) in [6, 6.07) is 6.61.